The molecule has 0 amide bonds. The van der Waals surface area contributed by atoms with Crippen LogP contribution in [0.2, 0.25) is 0 Å². The normalized spacial score (nSPS) is 29.5. The lowest BCUT2D eigenvalue weighted by atomic mass is 10.1. The maximum Gasteiger partial charge on any atom is 0.330 e. The van der Waals surface area contributed by atoms with E-state index in [2.05, 4.69) is 4.98 Å². The summed E-state index contributed by atoms with van der Waals surface area (Å²) in [6.07, 6.45) is -3.32. The van der Waals surface area contributed by atoms with E-state index >= 15 is 0 Å². The van der Waals surface area contributed by atoms with Crippen LogP contribution in [-0.2, 0) is 14.3 Å². The zero-order chi connectivity index (χ0) is 16.4. The van der Waals surface area contributed by atoms with Crippen molar-refractivity contribution in [3.05, 3.63) is 32.6 Å². The quantitative estimate of drug-likeness (QED) is 0.539. The fraction of sp³-hybridized carbons (Fsp3) is 0.615. The summed E-state index contributed by atoms with van der Waals surface area (Å²) in [6, 6.07) is 0. The van der Waals surface area contributed by atoms with Crippen LogP contribution in [0.3, 0.4) is 0 Å². The predicted molar refractivity (Wildman–Crippen MR) is 73.5 cm³/mol. The van der Waals surface area contributed by atoms with Crippen LogP contribution in [0.25, 0.3) is 0 Å². The number of aldehydes is 1. The van der Waals surface area contributed by atoms with Crippen molar-refractivity contribution in [3.8, 4) is 0 Å². The Labute approximate surface area is 125 Å². The van der Waals surface area contributed by atoms with Crippen molar-refractivity contribution in [2.45, 2.75) is 44.5 Å². The molecular formula is C13H18N2O7. The van der Waals surface area contributed by atoms with Gasteiger partial charge in [0, 0.05) is 11.8 Å². The third-order valence-corrected chi connectivity index (χ3v) is 3.48. The van der Waals surface area contributed by atoms with Crippen molar-refractivity contribution in [1.82, 2.24) is 9.55 Å². The van der Waals surface area contributed by atoms with Crippen LogP contribution in [-0.4, -0.2) is 57.1 Å². The van der Waals surface area contributed by atoms with E-state index in [0.717, 1.165) is 4.57 Å². The van der Waals surface area contributed by atoms with Gasteiger partial charge < -0.3 is 24.5 Å². The number of nitrogens with zero attached hydrogens (tertiary/aromatic N) is 1. The van der Waals surface area contributed by atoms with E-state index in [0.29, 0.717) is 6.29 Å². The lowest BCUT2D eigenvalue weighted by Crippen LogP contribution is -2.41. The lowest BCUT2D eigenvalue weighted by Gasteiger charge is -2.23. The molecule has 22 heavy (non-hydrogen) atoms. The Morgan fingerprint density at radius 3 is 2.82 bits per heavy atom. The van der Waals surface area contributed by atoms with E-state index in [9.17, 15) is 24.6 Å². The topological polar surface area (TPSA) is 131 Å². The van der Waals surface area contributed by atoms with Gasteiger partial charge in [0.15, 0.2) is 6.23 Å². The molecule has 0 saturated carbocycles. The number of aromatic amines is 1. The van der Waals surface area contributed by atoms with Crippen molar-refractivity contribution < 1.29 is 24.5 Å². The van der Waals surface area contributed by atoms with E-state index in [1.54, 1.807) is 0 Å². The van der Waals surface area contributed by atoms with Gasteiger partial charge in [-0.05, 0) is 13.8 Å². The maximum absolute atomic E-state index is 11.9. The first-order chi connectivity index (χ1) is 10.4. The highest BCUT2D eigenvalue weighted by Gasteiger charge is 2.46. The molecule has 0 aromatic carbocycles. The first kappa shape index (κ1) is 16.6. The van der Waals surface area contributed by atoms with Gasteiger partial charge in [-0.3, -0.25) is 14.3 Å². The zero-order valence-corrected chi connectivity index (χ0v) is 12.1. The van der Waals surface area contributed by atoms with E-state index in [-0.39, 0.29) is 5.56 Å². The number of carbonyl (C=O) groups is 1. The summed E-state index contributed by atoms with van der Waals surface area (Å²) >= 11 is 0. The standard InChI is InChI=1S/C13H18N2O7/c1-6-3-15(13(20)14-11(6)19)12-10(21-7(2)4-16)9(18)8(5-17)22-12/h3-4,7-10,12,17-18H,5H2,1-2H3,(H,14,19,20)/t7?,8-,9?,10?,12-/m1/s1. The average molecular weight is 314 g/mol. The van der Waals surface area contributed by atoms with E-state index in [4.69, 9.17) is 9.47 Å². The molecule has 122 valence electrons. The molecule has 0 aliphatic carbocycles. The van der Waals surface area contributed by atoms with Gasteiger partial charge in [-0.1, -0.05) is 0 Å². The summed E-state index contributed by atoms with van der Waals surface area (Å²) < 4.78 is 11.9. The molecule has 0 bridgehead atoms. The van der Waals surface area contributed by atoms with Gasteiger partial charge in [0.25, 0.3) is 5.56 Å². The van der Waals surface area contributed by atoms with Crippen molar-refractivity contribution in [2.75, 3.05) is 6.61 Å². The predicted octanol–water partition coefficient (Wildman–Crippen LogP) is -1.93. The van der Waals surface area contributed by atoms with Crippen LogP contribution in [0, 0.1) is 6.92 Å². The maximum atomic E-state index is 11.9. The first-order valence-electron chi connectivity index (χ1n) is 6.76. The Hall–Kier alpha value is -1.81. The minimum absolute atomic E-state index is 0.271. The second-order valence-corrected chi connectivity index (χ2v) is 5.16. The van der Waals surface area contributed by atoms with Crippen LogP contribution >= 0.6 is 0 Å². The summed E-state index contributed by atoms with van der Waals surface area (Å²) in [6.45, 7) is 2.50. The minimum atomic E-state index is -1.23. The van der Waals surface area contributed by atoms with Gasteiger partial charge in [0.05, 0.1) is 6.61 Å². The smallest absolute Gasteiger partial charge is 0.330 e. The van der Waals surface area contributed by atoms with Crippen LogP contribution in [0.5, 0.6) is 0 Å². The second kappa shape index (κ2) is 6.53. The number of ether oxygens (including phenoxy) is 2. The van der Waals surface area contributed by atoms with Crippen molar-refractivity contribution in [3.63, 3.8) is 0 Å². The molecule has 1 aromatic heterocycles. The SMILES string of the molecule is Cc1cn([C@@H]2O[C@H](CO)C(O)C2OC(C)C=O)c(=O)[nH]c1=O. The summed E-state index contributed by atoms with van der Waals surface area (Å²) in [5.41, 5.74) is -0.997. The molecule has 1 aromatic rings. The third-order valence-electron chi connectivity index (χ3n) is 3.48. The molecule has 2 rings (SSSR count). The number of rotatable bonds is 5. The van der Waals surface area contributed by atoms with Gasteiger partial charge in [-0.25, -0.2) is 4.79 Å². The Balaban J connectivity index is 2.42. The molecule has 0 radical (unpaired) electrons. The lowest BCUT2D eigenvalue weighted by molar-refractivity contribution is -0.131. The third kappa shape index (κ3) is 3.02. The number of H-pyrrole nitrogens is 1. The summed E-state index contributed by atoms with van der Waals surface area (Å²) in [7, 11) is 0. The monoisotopic (exact) mass is 314 g/mol. The molecule has 3 unspecified atom stereocenters. The molecular weight excluding hydrogens is 296 g/mol. The van der Waals surface area contributed by atoms with E-state index < -0.39 is 48.5 Å². The molecule has 1 aliphatic rings. The average Bonchev–Trinajstić information content (AvgIpc) is 2.79. The molecule has 1 fully saturated rings. The number of aliphatic hydroxyl groups is 2. The first-order valence-corrected chi connectivity index (χ1v) is 6.76. The van der Waals surface area contributed by atoms with E-state index in [1.165, 1.54) is 20.0 Å². The number of hydrogen-bond donors (Lipinski definition) is 3. The molecule has 3 N–H and O–H groups in total. The highest BCUT2D eigenvalue weighted by Crippen LogP contribution is 2.31. The fourth-order valence-corrected chi connectivity index (χ4v) is 2.29. The second-order valence-electron chi connectivity index (χ2n) is 5.16. The van der Waals surface area contributed by atoms with Gasteiger partial charge in [0.1, 0.15) is 30.7 Å². The number of nitrogens with one attached hydrogen (secondary N) is 1. The van der Waals surface area contributed by atoms with Gasteiger partial charge >= 0.3 is 5.69 Å². The van der Waals surface area contributed by atoms with E-state index in [1.807, 2.05) is 0 Å². The Bertz CT molecular complexity index is 653. The number of aliphatic hydroxyl groups excluding tert-OH is 2. The number of hydrogen-bond acceptors (Lipinski definition) is 7. The summed E-state index contributed by atoms with van der Waals surface area (Å²) in [5.74, 6) is 0. The number of carbonyl (C=O) groups excluding carboxylic acids is 1. The number of aromatic nitrogens is 2. The largest absolute Gasteiger partial charge is 0.394 e. The Morgan fingerprint density at radius 2 is 2.23 bits per heavy atom. The number of aryl methyl sites for hydroxylation is 1. The van der Waals surface area contributed by atoms with Crippen molar-refractivity contribution >= 4 is 6.29 Å². The highest BCUT2D eigenvalue weighted by molar-refractivity contribution is 5.55. The molecule has 1 saturated heterocycles. The highest BCUT2D eigenvalue weighted by atomic mass is 16.6. The minimum Gasteiger partial charge on any atom is -0.394 e. The fourth-order valence-electron chi connectivity index (χ4n) is 2.29. The zero-order valence-electron chi connectivity index (χ0n) is 12.1. The Morgan fingerprint density at radius 1 is 1.55 bits per heavy atom. The molecule has 5 atom stereocenters. The Kier molecular flexibility index (Phi) is 4.91. The van der Waals surface area contributed by atoms with Gasteiger partial charge in [0.2, 0.25) is 0 Å². The molecule has 9 heteroatoms. The molecule has 2 heterocycles. The van der Waals surface area contributed by atoms with Gasteiger partial charge in [-0.2, -0.15) is 0 Å². The van der Waals surface area contributed by atoms with Crippen LogP contribution in [0.1, 0.15) is 18.7 Å². The van der Waals surface area contributed by atoms with Crippen LogP contribution in [0.4, 0.5) is 0 Å². The van der Waals surface area contributed by atoms with Gasteiger partial charge in [-0.15, -0.1) is 0 Å². The molecule has 1 aliphatic heterocycles. The van der Waals surface area contributed by atoms with Crippen LogP contribution < -0.4 is 11.2 Å². The molecule has 9 nitrogen and oxygen atoms in total. The van der Waals surface area contributed by atoms with Crippen LogP contribution in [0.15, 0.2) is 15.8 Å². The van der Waals surface area contributed by atoms with Crippen molar-refractivity contribution in [1.29, 1.82) is 0 Å². The molecule has 0 spiro atoms. The summed E-state index contributed by atoms with van der Waals surface area (Å²) in [4.78, 5) is 36.2. The summed E-state index contributed by atoms with van der Waals surface area (Å²) in [5, 5.41) is 19.3. The van der Waals surface area contributed by atoms with Crippen molar-refractivity contribution in [2.24, 2.45) is 0 Å².